The first-order chi connectivity index (χ1) is 28.9. The van der Waals surface area contributed by atoms with Crippen molar-refractivity contribution in [2.75, 3.05) is 21.2 Å². The first-order valence-electron chi connectivity index (χ1n) is 21.0. The predicted molar refractivity (Wildman–Crippen MR) is 214 cm³/mol. The number of hydrogen-bond acceptors (Lipinski definition) is 16. The van der Waals surface area contributed by atoms with Gasteiger partial charge in [-0.15, -0.1) is 0 Å². The summed E-state index contributed by atoms with van der Waals surface area (Å²) in [6.07, 6.45) is -5.75. The molecule has 5 N–H and O–H groups in total. The molecule has 2 aromatic rings. The molecule has 3 aliphatic heterocycles. The van der Waals surface area contributed by atoms with Crippen LogP contribution in [0.15, 0.2) is 24.3 Å². The van der Waals surface area contributed by atoms with E-state index in [9.17, 15) is 39.6 Å². The van der Waals surface area contributed by atoms with Crippen LogP contribution in [0.4, 0.5) is 0 Å². The Bertz CT molecular complexity index is 2010. The second-order valence-corrected chi connectivity index (χ2v) is 17.2. The Morgan fingerprint density at radius 2 is 1.54 bits per heavy atom. The zero-order chi connectivity index (χ0) is 44.2. The number of aliphatic hydroxyl groups is 2. The number of phenolic OH excluding ortho intramolecular Hbond substituents is 2. The van der Waals surface area contributed by atoms with E-state index in [1.165, 1.54) is 38.3 Å². The number of carbonyl (C=O) groups is 4. The molecule has 14 unspecified atom stereocenters. The van der Waals surface area contributed by atoms with E-state index in [2.05, 4.69) is 5.32 Å². The van der Waals surface area contributed by atoms with Gasteiger partial charge in [0.2, 0.25) is 11.7 Å². The van der Waals surface area contributed by atoms with Crippen molar-refractivity contribution >= 4 is 23.4 Å². The topological polar surface area (TPSA) is 229 Å². The van der Waals surface area contributed by atoms with Crippen LogP contribution in [0.25, 0.3) is 0 Å². The van der Waals surface area contributed by atoms with Gasteiger partial charge in [-0.3, -0.25) is 19.2 Å². The number of ether oxygens (including phenoxy) is 7. The summed E-state index contributed by atoms with van der Waals surface area (Å²) < 4.78 is 43.3. The van der Waals surface area contributed by atoms with Gasteiger partial charge in [0.1, 0.15) is 29.6 Å². The number of aliphatic hydroxyl groups excluding tert-OH is 1. The molecule has 0 saturated carbocycles. The fourth-order valence-corrected chi connectivity index (χ4v) is 9.84. The summed E-state index contributed by atoms with van der Waals surface area (Å²) in [5.41, 5.74) is -2.49. The highest BCUT2D eigenvalue weighted by atomic mass is 16.7. The van der Waals surface area contributed by atoms with Crippen LogP contribution in [0.2, 0.25) is 0 Å². The fourth-order valence-electron chi connectivity index (χ4n) is 9.84. The number of rotatable bonds is 10. The van der Waals surface area contributed by atoms with Gasteiger partial charge < -0.3 is 63.8 Å². The van der Waals surface area contributed by atoms with E-state index in [0.717, 1.165) is 0 Å². The number of ketones is 2. The second-order valence-electron chi connectivity index (χ2n) is 17.2. The Balaban J connectivity index is 1.10. The number of likely N-dealkylation sites (N-methyl/N-ethyl adjacent to an activating group) is 1. The number of nitrogens with one attached hydrogen (secondary N) is 1. The number of carbonyl (C=O) groups excluding carboxylic acids is 4. The minimum atomic E-state index is -1.76. The van der Waals surface area contributed by atoms with Gasteiger partial charge in [0.25, 0.3) is 0 Å². The number of amides is 1. The van der Waals surface area contributed by atoms with Crippen LogP contribution in [0.3, 0.4) is 0 Å². The lowest BCUT2D eigenvalue weighted by Gasteiger charge is -2.48. The van der Waals surface area contributed by atoms with E-state index in [0.29, 0.717) is 12.8 Å². The van der Waals surface area contributed by atoms with E-state index >= 15 is 0 Å². The Labute approximate surface area is 354 Å². The maximum Gasteiger partial charge on any atom is 0.316 e. The van der Waals surface area contributed by atoms with Crippen molar-refractivity contribution in [1.82, 2.24) is 10.2 Å². The first-order valence-corrected chi connectivity index (χ1v) is 21.0. The lowest BCUT2D eigenvalue weighted by molar-refractivity contribution is -0.326. The average Bonchev–Trinajstić information content (AvgIpc) is 3.19. The normalized spacial score (nSPS) is 36.1. The summed E-state index contributed by atoms with van der Waals surface area (Å²) in [5.74, 6) is -4.73. The molecular formula is C44H58N2O15. The van der Waals surface area contributed by atoms with Gasteiger partial charge >= 0.3 is 5.97 Å². The smallest absolute Gasteiger partial charge is 0.316 e. The lowest BCUT2D eigenvalue weighted by atomic mass is 9.67. The van der Waals surface area contributed by atoms with Crippen molar-refractivity contribution in [3.8, 4) is 11.5 Å². The number of nitrogens with zero attached hydrogens (tertiary/aromatic N) is 1. The first kappa shape index (κ1) is 45.0. The Hall–Kier alpha value is -4.04. The Morgan fingerprint density at radius 3 is 2.16 bits per heavy atom. The van der Waals surface area contributed by atoms with Gasteiger partial charge in [-0.05, 0) is 65.4 Å². The molecule has 3 heterocycles. The van der Waals surface area contributed by atoms with Gasteiger partial charge in [0.15, 0.2) is 24.7 Å². The SMILES string of the molecule is CCC1(O)CC(OC2CC(N(C)C)C(OC3CC(O)C(OC4CCC(NC(C)=O)C(C)O4)C(C)O3)C(C)O2)c2c(cc3c(c2O)C(=O)c2c(O)cccc2C3=O)C1C(=O)OC. The minimum absolute atomic E-state index is 0.0271. The van der Waals surface area contributed by atoms with Crippen LogP contribution in [0.5, 0.6) is 11.5 Å². The molecule has 334 valence electrons. The quantitative estimate of drug-likeness (QED) is 0.185. The summed E-state index contributed by atoms with van der Waals surface area (Å²) >= 11 is 0. The van der Waals surface area contributed by atoms with Crippen molar-refractivity contribution in [1.29, 1.82) is 0 Å². The Kier molecular flexibility index (Phi) is 13.0. The maximum atomic E-state index is 13.9. The number of aromatic hydroxyl groups is 2. The summed E-state index contributed by atoms with van der Waals surface area (Å²) in [7, 11) is 4.93. The van der Waals surface area contributed by atoms with Gasteiger partial charge in [0.05, 0.1) is 60.4 Å². The van der Waals surface area contributed by atoms with Gasteiger partial charge in [-0.2, -0.15) is 0 Å². The molecule has 0 radical (unpaired) electrons. The predicted octanol–water partition coefficient (Wildman–Crippen LogP) is 3.09. The molecule has 14 atom stereocenters. The molecule has 61 heavy (non-hydrogen) atoms. The number of methoxy groups -OCH3 is 1. The molecule has 17 nitrogen and oxygen atoms in total. The van der Waals surface area contributed by atoms with Crippen molar-refractivity contribution in [2.24, 2.45) is 0 Å². The van der Waals surface area contributed by atoms with E-state index in [1.54, 1.807) is 13.8 Å². The molecule has 7 rings (SSSR count). The molecule has 0 bridgehead atoms. The Morgan fingerprint density at radius 1 is 0.885 bits per heavy atom. The highest BCUT2D eigenvalue weighted by Crippen LogP contribution is 2.54. The number of benzene rings is 2. The molecule has 17 heteroatoms. The van der Waals surface area contributed by atoms with Crippen molar-refractivity contribution in [3.63, 3.8) is 0 Å². The molecule has 5 aliphatic rings. The van der Waals surface area contributed by atoms with Gasteiger partial charge in [-0.1, -0.05) is 19.1 Å². The lowest BCUT2D eigenvalue weighted by Crippen LogP contribution is -2.58. The van der Waals surface area contributed by atoms with E-state index in [-0.39, 0.29) is 83.2 Å². The van der Waals surface area contributed by atoms with Crippen LogP contribution >= 0.6 is 0 Å². The van der Waals surface area contributed by atoms with Crippen LogP contribution in [0, 0.1) is 0 Å². The second kappa shape index (κ2) is 17.6. The van der Waals surface area contributed by atoms with Gasteiger partial charge in [-0.25, -0.2) is 0 Å². The minimum Gasteiger partial charge on any atom is -0.507 e. The molecule has 3 fully saturated rings. The standard InChI is InChI=1S/C44H58N2O15/c1-9-44(54)18-30(35-24(37(44)43(53)55-8)15-25-36(40(35)52)39(51)34-23(38(25)50)11-10-12-28(34)48)59-32-16-27(46(6)7)41(20(3)57-32)61-33-17-29(49)42(21(4)58-33)60-31-14-13-26(19(2)56-31)45-22(5)47/h10-12,15,19-21,26-27,29-33,37,41-42,48-49,52,54H,9,13-14,16-18H2,1-8H3,(H,45,47). The van der Waals surface area contributed by atoms with Crippen LogP contribution < -0.4 is 5.32 Å². The highest BCUT2D eigenvalue weighted by molar-refractivity contribution is 6.30. The van der Waals surface area contributed by atoms with E-state index in [1.807, 2.05) is 32.8 Å². The number of hydrogen-bond donors (Lipinski definition) is 5. The molecule has 2 aliphatic carbocycles. The number of fused-ring (bicyclic) bond motifs is 3. The average molecular weight is 855 g/mol. The van der Waals surface area contributed by atoms with Gasteiger partial charge in [0, 0.05) is 55.3 Å². The van der Waals surface area contributed by atoms with Crippen LogP contribution in [-0.4, -0.2) is 143 Å². The molecular weight excluding hydrogens is 796 g/mol. The number of phenols is 2. The summed E-state index contributed by atoms with van der Waals surface area (Å²) in [4.78, 5) is 54.8. The van der Waals surface area contributed by atoms with Crippen molar-refractivity contribution < 1.29 is 72.8 Å². The maximum absolute atomic E-state index is 13.9. The van der Waals surface area contributed by atoms with Crippen LogP contribution in [-0.2, 0) is 42.7 Å². The number of esters is 1. The summed E-state index contributed by atoms with van der Waals surface area (Å²) in [6.45, 7) is 8.64. The summed E-state index contributed by atoms with van der Waals surface area (Å²) in [5, 5.41) is 49.0. The zero-order valence-electron chi connectivity index (χ0n) is 35.8. The summed E-state index contributed by atoms with van der Waals surface area (Å²) in [6, 6.07) is 4.98. The van der Waals surface area contributed by atoms with E-state index in [4.69, 9.17) is 33.2 Å². The highest BCUT2D eigenvalue weighted by Gasteiger charge is 2.53. The van der Waals surface area contributed by atoms with Crippen LogP contribution in [0.1, 0.15) is 128 Å². The van der Waals surface area contributed by atoms with Crippen molar-refractivity contribution in [3.05, 3.63) is 57.6 Å². The molecule has 2 aromatic carbocycles. The molecule has 3 saturated heterocycles. The fraction of sp³-hybridized carbons (Fsp3) is 0.636. The van der Waals surface area contributed by atoms with E-state index < -0.39 is 96.0 Å². The molecule has 0 spiro atoms. The zero-order valence-corrected chi connectivity index (χ0v) is 35.8. The third-order valence-electron chi connectivity index (χ3n) is 13.0. The third kappa shape index (κ3) is 8.44. The molecule has 0 aromatic heterocycles. The molecule has 1 amide bonds. The third-order valence-corrected chi connectivity index (χ3v) is 13.0. The monoisotopic (exact) mass is 854 g/mol. The van der Waals surface area contributed by atoms with Crippen molar-refractivity contribution in [2.45, 2.75) is 158 Å². The largest absolute Gasteiger partial charge is 0.507 e.